The molecule has 0 saturated heterocycles. The van der Waals surface area contributed by atoms with E-state index < -0.39 is 6.04 Å². The molecule has 1 aliphatic rings. The smallest absolute Gasteiger partial charge is 0.243 e. The van der Waals surface area contributed by atoms with E-state index in [0.29, 0.717) is 37.6 Å². The lowest BCUT2D eigenvalue weighted by molar-refractivity contribution is -0.141. The van der Waals surface area contributed by atoms with Crippen molar-refractivity contribution >= 4 is 11.8 Å². The third kappa shape index (κ3) is 7.34. The molecule has 38 heavy (non-hydrogen) atoms. The first kappa shape index (κ1) is 27.2. The third-order valence-corrected chi connectivity index (χ3v) is 6.77. The van der Waals surface area contributed by atoms with Gasteiger partial charge in [0.05, 0.1) is 0 Å². The summed E-state index contributed by atoms with van der Waals surface area (Å²) in [4.78, 5) is 29.0. The van der Waals surface area contributed by atoms with E-state index in [1.807, 2.05) is 62.4 Å². The minimum absolute atomic E-state index is 0.0266. The van der Waals surface area contributed by atoms with Crippen molar-refractivity contribution in [1.82, 2.24) is 10.2 Å². The zero-order valence-corrected chi connectivity index (χ0v) is 22.0. The topological polar surface area (TPSA) is 67.9 Å². The molecule has 2 amide bonds. The number of aryl methyl sites for hydroxylation is 1. The maximum atomic E-state index is 13.8. The summed E-state index contributed by atoms with van der Waals surface area (Å²) in [6, 6.07) is 20.7. The Kier molecular flexibility index (Phi) is 9.35. The van der Waals surface area contributed by atoms with E-state index in [1.165, 1.54) is 12.1 Å². The Morgan fingerprint density at radius 3 is 2.32 bits per heavy atom. The van der Waals surface area contributed by atoms with Crippen LogP contribution in [0, 0.1) is 5.82 Å². The van der Waals surface area contributed by atoms with Crippen LogP contribution < -0.4 is 14.8 Å². The molecule has 1 N–H and O–H groups in total. The van der Waals surface area contributed by atoms with Gasteiger partial charge in [-0.3, -0.25) is 9.59 Å². The van der Waals surface area contributed by atoms with Gasteiger partial charge in [0, 0.05) is 25.4 Å². The van der Waals surface area contributed by atoms with E-state index in [1.54, 1.807) is 17.0 Å². The highest BCUT2D eigenvalue weighted by molar-refractivity contribution is 5.88. The largest absolute Gasteiger partial charge is 0.486 e. The normalized spacial score (nSPS) is 13.9. The third-order valence-electron chi connectivity index (χ3n) is 6.77. The molecule has 3 aromatic rings. The second kappa shape index (κ2) is 13.1. The van der Waals surface area contributed by atoms with Crippen LogP contribution >= 0.6 is 0 Å². The van der Waals surface area contributed by atoms with Gasteiger partial charge >= 0.3 is 0 Å². The van der Waals surface area contributed by atoms with Crippen molar-refractivity contribution in [3.8, 4) is 11.5 Å². The van der Waals surface area contributed by atoms with Crippen LogP contribution in [-0.4, -0.2) is 42.0 Å². The first-order valence-corrected chi connectivity index (χ1v) is 13.2. The Morgan fingerprint density at radius 1 is 0.921 bits per heavy atom. The van der Waals surface area contributed by atoms with Gasteiger partial charge < -0.3 is 19.7 Å². The zero-order valence-electron chi connectivity index (χ0n) is 22.0. The molecule has 2 atom stereocenters. The van der Waals surface area contributed by atoms with Crippen LogP contribution in [0.4, 0.5) is 4.39 Å². The highest BCUT2D eigenvalue weighted by Crippen LogP contribution is 2.31. The van der Waals surface area contributed by atoms with Crippen molar-refractivity contribution in [2.24, 2.45) is 0 Å². The number of halogens is 1. The summed E-state index contributed by atoms with van der Waals surface area (Å²) in [5.74, 6) is 0.691. The fraction of sp³-hybridized carbons (Fsp3) is 0.355. The van der Waals surface area contributed by atoms with E-state index in [-0.39, 0.29) is 36.6 Å². The lowest BCUT2D eigenvalue weighted by Crippen LogP contribution is -2.52. The second-order valence-corrected chi connectivity index (χ2v) is 9.65. The first-order chi connectivity index (χ1) is 18.4. The molecule has 0 aromatic heterocycles. The predicted molar refractivity (Wildman–Crippen MR) is 145 cm³/mol. The van der Waals surface area contributed by atoms with Gasteiger partial charge in [-0.2, -0.15) is 0 Å². The number of carbonyl (C=O) groups is 2. The van der Waals surface area contributed by atoms with E-state index >= 15 is 0 Å². The second-order valence-electron chi connectivity index (χ2n) is 9.65. The molecule has 0 spiro atoms. The molecular weight excluding hydrogens is 483 g/mol. The number of nitrogens with one attached hydrogen (secondary N) is 1. The number of benzene rings is 3. The van der Waals surface area contributed by atoms with Crippen LogP contribution in [0.15, 0.2) is 72.8 Å². The van der Waals surface area contributed by atoms with Gasteiger partial charge in [-0.25, -0.2) is 4.39 Å². The Balaban J connectivity index is 1.59. The fourth-order valence-electron chi connectivity index (χ4n) is 4.42. The SMILES string of the molecule is CC[C@H](C)NC(=O)[C@H](Cc1ccccc1)N(Cc1ccc(F)cc1)C(=O)CCc1ccc2c(c1)OCCO2. The van der Waals surface area contributed by atoms with Gasteiger partial charge in [0.1, 0.15) is 25.1 Å². The minimum atomic E-state index is -0.718. The number of rotatable bonds is 11. The Labute approximate surface area is 223 Å². The standard InChI is InChI=1S/C31H35FN2O4/c1-3-22(2)33-31(36)27(19-23-7-5-4-6-8-23)34(21-25-9-13-26(32)14-10-25)30(35)16-12-24-11-15-28-29(20-24)38-18-17-37-28/h4-11,13-15,20,22,27H,3,12,16-19,21H2,1-2H3,(H,33,36)/t22-,27-/m0/s1. The van der Waals surface area contributed by atoms with Gasteiger partial charge in [0.15, 0.2) is 11.5 Å². The quantitative estimate of drug-likeness (QED) is 0.384. The van der Waals surface area contributed by atoms with E-state index in [4.69, 9.17) is 9.47 Å². The van der Waals surface area contributed by atoms with E-state index in [0.717, 1.165) is 23.1 Å². The average molecular weight is 519 g/mol. The number of hydrogen-bond acceptors (Lipinski definition) is 4. The summed E-state index contributed by atoms with van der Waals surface area (Å²) in [7, 11) is 0. The molecule has 200 valence electrons. The summed E-state index contributed by atoms with van der Waals surface area (Å²) in [6.07, 6.45) is 1.85. The van der Waals surface area contributed by atoms with Gasteiger partial charge in [-0.15, -0.1) is 0 Å². The first-order valence-electron chi connectivity index (χ1n) is 13.2. The maximum absolute atomic E-state index is 13.8. The van der Waals surface area contributed by atoms with Crippen LogP contribution in [0.1, 0.15) is 43.4 Å². The molecule has 0 aliphatic carbocycles. The van der Waals surface area contributed by atoms with Crippen LogP contribution in [0.5, 0.6) is 11.5 Å². The Bertz CT molecular complexity index is 1220. The lowest BCUT2D eigenvalue weighted by Gasteiger charge is -2.32. The van der Waals surface area contributed by atoms with Crippen molar-refractivity contribution in [1.29, 1.82) is 0 Å². The number of carbonyl (C=O) groups excluding carboxylic acids is 2. The molecule has 3 aromatic carbocycles. The van der Waals surface area contributed by atoms with E-state index in [9.17, 15) is 14.0 Å². The molecule has 0 bridgehead atoms. The summed E-state index contributed by atoms with van der Waals surface area (Å²) in [5, 5.41) is 3.06. The predicted octanol–water partition coefficient (Wildman–Crippen LogP) is 5.08. The minimum Gasteiger partial charge on any atom is -0.486 e. The number of nitrogens with zero attached hydrogens (tertiary/aromatic N) is 1. The van der Waals surface area contributed by atoms with Crippen molar-refractivity contribution in [2.45, 2.75) is 58.2 Å². The van der Waals surface area contributed by atoms with E-state index in [2.05, 4.69) is 5.32 Å². The molecule has 1 aliphatic heterocycles. The number of amides is 2. The summed E-state index contributed by atoms with van der Waals surface area (Å²) in [6.45, 7) is 5.17. The molecule has 0 radical (unpaired) electrons. The summed E-state index contributed by atoms with van der Waals surface area (Å²) in [5.41, 5.74) is 2.67. The molecule has 0 fully saturated rings. The van der Waals surface area contributed by atoms with Gasteiger partial charge in [0.25, 0.3) is 0 Å². The molecule has 0 unspecified atom stereocenters. The zero-order chi connectivity index (χ0) is 26.9. The van der Waals surface area contributed by atoms with Crippen LogP contribution in [0.3, 0.4) is 0 Å². The molecule has 1 heterocycles. The summed E-state index contributed by atoms with van der Waals surface area (Å²) >= 11 is 0. The lowest BCUT2D eigenvalue weighted by atomic mass is 10.0. The average Bonchev–Trinajstić information content (AvgIpc) is 2.94. The van der Waals surface area contributed by atoms with Crippen molar-refractivity contribution in [3.05, 3.63) is 95.3 Å². The van der Waals surface area contributed by atoms with Crippen LogP contribution in [-0.2, 0) is 29.0 Å². The Morgan fingerprint density at radius 2 is 1.61 bits per heavy atom. The Hall–Kier alpha value is -3.87. The van der Waals surface area contributed by atoms with Gasteiger partial charge in [-0.05, 0) is 60.7 Å². The highest BCUT2D eigenvalue weighted by Gasteiger charge is 2.31. The van der Waals surface area contributed by atoms with Gasteiger partial charge in [-0.1, -0.05) is 55.5 Å². The summed E-state index contributed by atoms with van der Waals surface area (Å²) < 4.78 is 24.9. The highest BCUT2D eigenvalue weighted by atomic mass is 19.1. The maximum Gasteiger partial charge on any atom is 0.243 e. The molecular formula is C31H35FN2O4. The monoisotopic (exact) mass is 518 g/mol. The van der Waals surface area contributed by atoms with Crippen LogP contribution in [0.25, 0.3) is 0 Å². The number of fused-ring (bicyclic) bond motifs is 1. The molecule has 7 heteroatoms. The molecule has 4 rings (SSSR count). The fourth-order valence-corrected chi connectivity index (χ4v) is 4.42. The van der Waals surface area contributed by atoms with Crippen molar-refractivity contribution in [2.75, 3.05) is 13.2 Å². The molecule has 0 saturated carbocycles. The van der Waals surface area contributed by atoms with Crippen LogP contribution in [0.2, 0.25) is 0 Å². The number of ether oxygens (including phenoxy) is 2. The van der Waals surface area contributed by atoms with Crippen molar-refractivity contribution in [3.63, 3.8) is 0 Å². The van der Waals surface area contributed by atoms with Crippen molar-refractivity contribution < 1.29 is 23.5 Å². The molecule has 6 nitrogen and oxygen atoms in total. The number of hydrogen-bond donors (Lipinski definition) is 1. The van der Waals surface area contributed by atoms with Gasteiger partial charge in [0.2, 0.25) is 11.8 Å².